The van der Waals surface area contributed by atoms with Gasteiger partial charge < -0.3 is 10.1 Å². The number of thioether (sulfide) groups is 2. The molecule has 1 aliphatic heterocycles. The molecule has 1 saturated heterocycles. The second-order valence-corrected chi connectivity index (χ2v) is 5.32. The first kappa shape index (κ1) is 10.1. The van der Waals surface area contributed by atoms with Crippen LogP contribution in [0.25, 0.3) is 0 Å². The first-order valence-corrected chi connectivity index (χ1v) is 5.97. The minimum Gasteiger partial charge on any atom is -0.453 e. The predicted molar refractivity (Wildman–Crippen MR) is 53.7 cm³/mol. The SMILES string of the molecule is COC(=O)NCC1SCCCS1. The largest absolute Gasteiger partial charge is 0.453 e. The Bertz CT molecular complexity index is 148. The minimum atomic E-state index is -0.332. The van der Waals surface area contributed by atoms with Crippen LogP contribution in [-0.2, 0) is 4.74 Å². The standard InChI is InChI=1S/C7H13NO2S2/c1-10-7(9)8-5-6-11-3-2-4-12-6/h6H,2-5H2,1H3,(H,8,9). The van der Waals surface area contributed by atoms with Gasteiger partial charge in [0.15, 0.2) is 0 Å². The molecule has 0 aliphatic carbocycles. The van der Waals surface area contributed by atoms with Crippen molar-refractivity contribution in [3.05, 3.63) is 0 Å². The van der Waals surface area contributed by atoms with Crippen LogP contribution in [0.3, 0.4) is 0 Å². The van der Waals surface area contributed by atoms with Gasteiger partial charge in [0.25, 0.3) is 0 Å². The van der Waals surface area contributed by atoms with Gasteiger partial charge in [0, 0.05) is 6.54 Å². The maximum Gasteiger partial charge on any atom is 0.406 e. The summed E-state index contributed by atoms with van der Waals surface area (Å²) in [6.45, 7) is 0.710. The molecule has 0 bridgehead atoms. The van der Waals surface area contributed by atoms with Gasteiger partial charge in [-0.05, 0) is 17.9 Å². The zero-order valence-corrected chi connectivity index (χ0v) is 8.67. The quantitative estimate of drug-likeness (QED) is 0.745. The van der Waals surface area contributed by atoms with Crippen molar-refractivity contribution in [1.82, 2.24) is 5.32 Å². The summed E-state index contributed by atoms with van der Waals surface area (Å²) in [6.07, 6.45) is 0.950. The summed E-state index contributed by atoms with van der Waals surface area (Å²) in [5.74, 6) is 2.42. The number of ether oxygens (including phenoxy) is 1. The Hall–Kier alpha value is -0.0300. The normalized spacial score (nSPS) is 18.8. The van der Waals surface area contributed by atoms with Gasteiger partial charge in [-0.15, -0.1) is 23.5 Å². The third-order valence-corrected chi connectivity index (χ3v) is 4.44. The van der Waals surface area contributed by atoms with E-state index in [1.54, 1.807) is 0 Å². The summed E-state index contributed by atoms with van der Waals surface area (Å²) in [5, 5.41) is 2.70. The predicted octanol–water partition coefficient (Wildman–Crippen LogP) is 1.54. The Morgan fingerprint density at radius 1 is 1.58 bits per heavy atom. The fraction of sp³-hybridized carbons (Fsp3) is 0.857. The number of nitrogens with one attached hydrogen (secondary N) is 1. The van der Waals surface area contributed by atoms with E-state index in [0.29, 0.717) is 11.1 Å². The van der Waals surface area contributed by atoms with Crippen LogP contribution in [0.5, 0.6) is 0 Å². The summed E-state index contributed by atoms with van der Waals surface area (Å²) >= 11 is 3.82. The third kappa shape index (κ3) is 3.58. The van der Waals surface area contributed by atoms with Crippen molar-refractivity contribution in [2.45, 2.75) is 11.0 Å². The highest BCUT2D eigenvalue weighted by Gasteiger charge is 2.14. The minimum absolute atomic E-state index is 0.332. The molecule has 1 N–H and O–H groups in total. The van der Waals surface area contributed by atoms with Gasteiger partial charge >= 0.3 is 6.09 Å². The van der Waals surface area contributed by atoms with Crippen molar-refractivity contribution < 1.29 is 9.53 Å². The van der Waals surface area contributed by atoms with E-state index < -0.39 is 0 Å². The molecule has 1 amide bonds. The summed E-state index contributed by atoms with van der Waals surface area (Å²) in [4.78, 5) is 10.7. The number of carbonyl (C=O) groups excluding carboxylic acids is 1. The lowest BCUT2D eigenvalue weighted by molar-refractivity contribution is 0.171. The number of methoxy groups -OCH3 is 1. The Kier molecular flexibility index (Phi) is 4.68. The van der Waals surface area contributed by atoms with Gasteiger partial charge in [-0.3, -0.25) is 0 Å². The average molecular weight is 207 g/mol. The Balaban J connectivity index is 2.09. The molecular weight excluding hydrogens is 194 g/mol. The van der Waals surface area contributed by atoms with Crippen molar-refractivity contribution in [3.8, 4) is 0 Å². The molecule has 0 spiro atoms. The summed E-state index contributed by atoms with van der Waals surface area (Å²) in [5.41, 5.74) is 0. The second-order valence-electron chi connectivity index (χ2n) is 2.40. The van der Waals surface area contributed by atoms with E-state index in [-0.39, 0.29) is 6.09 Å². The molecule has 70 valence electrons. The fourth-order valence-electron chi connectivity index (χ4n) is 0.893. The molecule has 0 radical (unpaired) electrons. The van der Waals surface area contributed by atoms with Crippen molar-refractivity contribution in [3.63, 3.8) is 0 Å². The summed E-state index contributed by atoms with van der Waals surface area (Å²) in [7, 11) is 1.39. The number of hydrogen-bond acceptors (Lipinski definition) is 4. The number of hydrogen-bond donors (Lipinski definition) is 1. The molecule has 1 aliphatic rings. The molecule has 1 rings (SSSR count). The Morgan fingerprint density at radius 2 is 2.25 bits per heavy atom. The van der Waals surface area contributed by atoms with Gasteiger partial charge in [0.05, 0.1) is 11.7 Å². The number of rotatable bonds is 2. The maximum absolute atomic E-state index is 10.7. The fourth-order valence-corrected chi connectivity index (χ4v) is 3.59. The molecule has 3 nitrogen and oxygen atoms in total. The molecule has 12 heavy (non-hydrogen) atoms. The third-order valence-electron chi connectivity index (χ3n) is 1.49. The highest BCUT2D eigenvalue weighted by atomic mass is 32.2. The Labute approximate surface area is 81.0 Å². The van der Waals surface area contributed by atoms with Crippen LogP contribution in [0.2, 0.25) is 0 Å². The molecule has 5 heteroatoms. The molecule has 0 unspecified atom stereocenters. The van der Waals surface area contributed by atoms with E-state index in [1.807, 2.05) is 23.5 Å². The Morgan fingerprint density at radius 3 is 2.83 bits per heavy atom. The van der Waals surface area contributed by atoms with E-state index in [4.69, 9.17) is 0 Å². The van der Waals surface area contributed by atoms with Crippen molar-refractivity contribution in [1.29, 1.82) is 0 Å². The lowest BCUT2D eigenvalue weighted by Crippen LogP contribution is -2.30. The average Bonchev–Trinajstić information content (AvgIpc) is 2.16. The van der Waals surface area contributed by atoms with Crippen LogP contribution in [0.1, 0.15) is 6.42 Å². The molecule has 1 fully saturated rings. The van der Waals surface area contributed by atoms with E-state index >= 15 is 0 Å². The maximum atomic E-state index is 10.7. The lowest BCUT2D eigenvalue weighted by Gasteiger charge is -2.20. The molecule has 1 heterocycles. The first-order valence-electron chi connectivity index (χ1n) is 3.88. The van der Waals surface area contributed by atoms with Gasteiger partial charge in [-0.1, -0.05) is 0 Å². The molecule has 0 aromatic heterocycles. The van der Waals surface area contributed by atoms with E-state index in [1.165, 1.54) is 25.0 Å². The zero-order chi connectivity index (χ0) is 8.81. The van der Waals surface area contributed by atoms with Crippen molar-refractivity contribution in [2.75, 3.05) is 25.2 Å². The van der Waals surface area contributed by atoms with Crippen LogP contribution in [0.15, 0.2) is 0 Å². The van der Waals surface area contributed by atoms with Crippen LogP contribution in [-0.4, -0.2) is 35.8 Å². The van der Waals surface area contributed by atoms with E-state index in [2.05, 4.69) is 10.1 Å². The molecule has 0 atom stereocenters. The van der Waals surface area contributed by atoms with E-state index in [0.717, 1.165) is 0 Å². The number of amides is 1. The highest BCUT2D eigenvalue weighted by molar-refractivity contribution is 8.17. The molecule has 0 aromatic rings. The first-order chi connectivity index (χ1) is 5.83. The van der Waals surface area contributed by atoms with Gasteiger partial charge in [-0.2, -0.15) is 0 Å². The van der Waals surface area contributed by atoms with Crippen LogP contribution in [0.4, 0.5) is 4.79 Å². The highest BCUT2D eigenvalue weighted by Crippen LogP contribution is 2.29. The van der Waals surface area contributed by atoms with E-state index in [9.17, 15) is 4.79 Å². The summed E-state index contributed by atoms with van der Waals surface area (Å²) < 4.78 is 4.98. The smallest absolute Gasteiger partial charge is 0.406 e. The van der Waals surface area contributed by atoms with Gasteiger partial charge in [0.1, 0.15) is 0 Å². The zero-order valence-electron chi connectivity index (χ0n) is 7.04. The number of alkyl carbamates (subject to hydrolysis) is 1. The van der Waals surface area contributed by atoms with Crippen LogP contribution < -0.4 is 5.32 Å². The van der Waals surface area contributed by atoms with Crippen molar-refractivity contribution in [2.24, 2.45) is 0 Å². The monoisotopic (exact) mass is 207 g/mol. The van der Waals surface area contributed by atoms with Crippen LogP contribution >= 0.6 is 23.5 Å². The number of carbonyl (C=O) groups is 1. The molecular formula is C7H13NO2S2. The van der Waals surface area contributed by atoms with Crippen molar-refractivity contribution >= 4 is 29.6 Å². The topological polar surface area (TPSA) is 38.3 Å². The van der Waals surface area contributed by atoms with Crippen LogP contribution in [0, 0.1) is 0 Å². The second kappa shape index (κ2) is 5.59. The van der Waals surface area contributed by atoms with Gasteiger partial charge in [-0.25, -0.2) is 4.79 Å². The summed E-state index contributed by atoms with van der Waals surface area (Å²) in [6, 6.07) is 0. The lowest BCUT2D eigenvalue weighted by atomic mass is 10.6. The van der Waals surface area contributed by atoms with Gasteiger partial charge in [0.2, 0.25) is 0 Å². The molecule has 0 aromatic carbocycles. The molecule has 0 saturated carbocycles.